The SMILES string of the molecule is CC1(C)c2cc(N(c3ccc(-c4ccccc4)cc3)c3ccc(-c4ccc(N(c5ccc(-c6ccccc6)cc5)c5ccc6c(c5)C(C)(C)c5ccc7ccccc7c5-6)cc4)cc3)ccc2-c2c1ccc1ccccc21. The number of nitrogens with zero attached hydrogens (tertiary/aromatic N) is 2. The summed E-state index contributed by atoms with van der Waals surface area (Å²) in [7, 11) is 0. The molecule has 12 aromatic carbocycles. The van der Waals surface area contributed by atoms with Crippen molar-refractivity contribution in [2.75, 3.05) is 9.80 Å². The Balaban J connectivity index is 0.829. The van der Waals surface area contributed by atoms with Crippen LogP contribution in [0.15, 0.2) is 267 Å². The highest BCUT2D eigenvalue weighted by molar-refractivity contribution is 6.04. The zero-order valence-electron chi connectivity index (χ0n) is 43.3. The van der Waals surface area contributed by atoms with Gasteiger partial charge in [0.1, 0.15) is 0 Å². The van der Waals surface area contributed by atoms with Crippen LogP contribution in [0.2, 0.25) is 0 Å². The Bertz CT molecular complexity index is 3900. The molecule has 2 nitrogen and oxygen atoms in total. The van der Waals surface area contributed by atoms with E-state index >= 15 is 0 Å². The fourth-order valence-electron chi connectivity index (χ4n) is 12.6. The van der Waals surface area contributed by atoms with Crippen LogP contribution >= 0.6 is 0 Å². The first-order valence-corrected chi connectivity index (χ1v) is 26.7. The highest BCUT2D eigenvalue weighted by Gasteiger charge is 2.38. The van der Waals surface area contributed by atoms with Crippen molar-refractivity contribution in [3.8, 4) is 55.6 Å². The summed E-state index contributed by atoms with van der Waals surface area (Å²) in [6.07, 6.45) is 0. The van der Waals surface area contributed by atoms with Gasteiger partial charge in [-0.1, -0.05) is 222 Å². The van der Waals surface area contributed by atoms with E-state index in [0.717, 1.165) is 45.3 Å². The fourth-order valence-corrected chi connectivity index (χ4v) is 12.6. The molecule has 0 aliphatic heterocycles. The molecule has 0 fully saturated rings. The van der Waals surface area contributed by atoms with Crippen LogP contribution in [0.3, 0.4) is 0 Å². The molecule has 2 heteroatoms. The number of anilines is 6. The number of fused-ring (bicyclic) bond motifs is 10. The number of hydrogen-bond donors (Lipinski definition) is 0. The van der Waals surface area contributed by atoms with Gasteiger partial charge in [0.05, 0.1) is 0 Å². The summed E-state index contributed by atoms with van der Waals surface area (Å²) in [5, 5.41) is 5.18. The molecular weight excluding hydrogens is 917 g/mol. The van der Waals surface area contributed by atoms with E-state index < -0.39 is 0 Å². The first-order valence-electron chi connectivity index (χ1n) is 26.7. The lowest BCUT2D eigenvalue weighted by Crippen LogP contribution is -2.16. The summed E-state index contributed by atoms with van der Waals surface area (Å²) in [6, 6.07) is 98.6. The van der Waals surface area contributed by atoms with Gasteiger partial charge < -0.3 is 9.80 Å². The third-order valence-corrected chi connectivity index (χ3v) is 16.7. The second kappa shape index (κ2) is 17.7. The summed E-state index contributed by atoms with van der Waals surface area (Å²) < 4.78 is 0. The van der Waals surface area contributed by atoms with Crippen LogP contribution in [0.4, 0.5) is 34.1 Å². The number of hydrogen-bond acceptors (Lipinski definition) is 2. The predicted octanol–water partition coefficient (Wildman–Crippen LogP) is 20.5. The molecule has 0 aromatic heterocycles. The van der Waals surface area contributed by atoms with Crippen molar-refractivity contribution >= 4 is 55.7 Å². The minimum atomic E-state index is -0.164. The van der Waals surface area contributed by atoms with Crippen molar-refractivity contribution in [3.63, 3.8) is 0 Å². The normalized spacial score (nSPS) is 13.5. The Hall–Kier alpha value is -9.24. The van der Waals surface area contributed by atoms with Crippen molar-refractivity contribution in [2.24, 2.45) is 0 Å². The van der Waals surface area contributed by atoms with Gasteiger partial charge in [-0.05, 0) is 172 Å². The molecule has 0 N–H and O–H groups in total. The molecule has 0 saturated heterocycles. The van der Waals surface area contributed by atoms with E-state index in [1.165, 1.54) is 88.3 Å². The van der Waals surface area contributed by atoms with E-state index in [9.17, 15) is 0 Å². The fraction of sp³-hybridized carbons (Fsp3) is 0.0811. The Morgan fingerprint density at radius 3 is 0.868 bits per heavy atom. The lowest BCUT2D eigenvalue weighted by atomic mass is 9.82. The van der Waals surface area contributed by atoms with E-state index in [2.05, 4.69) is 304 Å². The standard InChI is InChI=1S/C74H56N2/c1-73(2)67-45-31-55-19-11-13-21-63(55)71(67)65-43-41-61(47-69(65)73)75(57-33-23-51(24-34-57)49-15-7-5-8-16-49)59-37-27-53(28-38-59)54-29-39-60(40-30-54)76(58-35-25-52(26-36-58)50-17-9-6-10-18-50)62-42-44-66-70(48-62)74(3,4)68-46-32-56-20-12-14-22-64(56)72(66)68/h5-48H,1-4H3. The molecule has 0 spiro atoms. The first kappa shape index (κ1) is 45.4. The largest absolute Gasteiger partial charge is 0.310 e. The van der Waals surface area contributed by atoms with Crippen LogP contribution in [0.5, 0.6) is 0 Å². The molecule has 76 heavy (non-hydrogen) atoms. The van der Waals surface area contributed by atoms with Gasteiger partial charge in [0.25, 0.3) is 0 Å². The Morgan fingerprint density at radius 1 is 0.237 bits per heavy atom. The van der Waals surface area contributed by atoms with Crippen molar-refractivity contribution < 1.29 is 0 Å². The quantitative estimate of drug-likeness (QED) is 0.142. The second-order valence-electron chi connectivity index (χ2n) is 21.7. The van der Waals surface area contributed by atoms with Crippen LogP contribution in [-0.4, -0.2) is 0 Å². The molecule has 0 saturated carbocycles. The maximum atomic E-state index is 2.44. The maximum Gasteiger partial charge on any atom is 0.0465 e. The van der Waals surface area contributed by atoms with Gasteiger partial charge in [-0.2, -0.15) is 0 Å². The summed E-state index contributed by atoms with van der Waals surface area (Å²) in [6.45, 7) is 9.51. The summed E-state index contributed by atoms with van der Waals surface area (Å²) in [4.78, 5) is 4.83. The smallest absolute Gasteiger partial charge is 0.0465 e. The van der Waals surface area contributed by atoms with E-state index in [4.69, 9.17) is 0 Å². The first-order chi connectivity index (χ1) is 37.2. The zero-order chi connectivity index (χ0) is 51.1. The second-order valence-corrected chi connectivity index (χ2v) is 21.7. The maximum absolute atomic E-state index is 2.44. The van der Waals surface area contributed by atoms with E-state index in [0.29, 0.717) is 0 Å². The monoisotopic (exact) mass is 972 g/mol. The van der Waals surface area contributed by atoms with Gasteiger partial charge in [0.15, 0.2) is 0 Å². The van der Waals surface area contributed by atoms with Crippen molar-refractivity contribution in [2.45, 2.75) is 38.5 Å². The van der Waals surface area contributed by atoms with E-state index in [1.807, 2.05) is 0 Å². The predicted molar refractivity (Wildman–Crippen MR) is 322 cm³/mol. The van der Waals surface area contributed by atoms with Crippen molar-refractivity contribution in [1.82, 2.24) is 0 Å². The number of rotatable bonds is 9. The summed E-state index contributed by atoms with van der Waals surface area (Å²) >= 11 is 0. The topological polar surface area (TPSA) is 6.48 Å². The van der Waals surface area contributed by atoms with Crippen LogP contribution in [-0.2, 0) is 10.8 Å². The van der Waals surface area contributed by atoms with E-state index in [-0.39, 0.29) is 10.8 Å². The van der Waals surface area contributed by atoms with Crippen LogP contribution in [0.1, 0.15) is 49.9 Å². The molecule has 0 amide bonds. The highest BCUT2D eigenvalue weighted by atomic mass is 15.1. The van der Waals surface area contributed by atoms with Gasteiger partial charge in [-0.25, -0.2) is 0 Å². The van der Waals surface area contributed by atoms with Gasteiger partial charge in [0.2, 0.25) is 0 Å². The van der Waals surface area contributed by atoms with Crippen LogP contribution in [0.25, 0.3) is 77.2 Å². The van der Waals surface area contributed by atoms with Gasteiger partial charge in [-0.3, -0.25) is 0 Å². The Kier molecular flexibility index (Phi) is 10.6. The highest BCUT2D eigenvalue weighted by Crippen LogP contribution is 2.55. The molecule has 0 atom stereocenters. The average molecular weight is 973 g/mol. The molecule has 0 unspecified atom stereocenters. The average Bonchev–Trinajstić information content (AvgIpc) is 3.88. The molecule has 0 radical (unpaired) electrons. The van der Waals surface area contributed by atoms with Crippen molar-refractivity contribution in [1.29, 1.82) is 0 Å². The van der Waals surface area contributed by atoms with Crippen molar-refractivity contribution in [3.05, 3.63) is 289 Å². The minimum Gasteiger partial charge on any atom is -0.310 e. The van der Waals surface area contributed by atoms with Crippen LogP contribution < -0.4 is 9.80 Å². The van der Waals surface area contributed by atoms with Gasteiger partial charge in [0, 0.05) is 45.0 Å². The molecule has 12 aromatic rings. The molecule has 14 rings (SSSR count). The van der Waals surface area contributed by atoms with Crippen LogP contribution in [0, 0.1) is 0 Å². The number of benzene rings is 12. The summed E-state index contributed by atoms with van der Waals surface area (Å²) in [5.74, 6) is 0. The molecule has 0 bridgehead atoms. The minimum absolute atomic E-state index is 0.164. The lowest BCUT2D eigenvalue weighted by molar-refractivity contribution is 0.661. The van der Waals surface area contributed by atoms with Gasteiger partial charge in [-0.15, -0.1) is 0 Å². The third-order valence-electron chi connectivity index (χ3n) is 16.7. The summed E-state index contributed by atoms with van der Waals surface area (Å²) in [5.41, 5.74) is 24.3. The molecule has 2 aliphatic rings. The van der Waals surface area contributed by atoms with Gasteiger partial charge >= 0.3 is 0 Å². The molecule has 362 valence electrons. The Morgan fingerprint density at radius 2 is 0.526 bits per heavy atom. The third kappa shape index (κ3) is 7.39. The van der Waals surface area contributed by atoms with E-state index in [1.54, 1.807) is 0 Å². The molecular formula is C74H56N2. The lowest BCUT2D eigenvalue weighted by Gasteiger charge is -2.29. The zero-order valence-corrected chi connectivity index (χ0v) is 43.3. The molecule has 0 heterocycles. The molecule has 2 aliphatic carbocycles. The Labute approximate surface area is 446 Å².